The minimum atomic E-state index is -0.122. The van der Waals surface area contributed by atoms with Crippen molar-refractivity contribution in [2.45, 2.75) is 26.8 Å². The summed E-state index contributed by atoms with van der Waals surface area (Å²) in [7, 11) is 0. The van der Waals surface area contributed by atoms with Gasteiger partial charge in [-0.15, -0.1) is 0 Å². The highest BCUT2D eigenvalue weighted by Gasteiger charge is 2.10. The average Bonchev–Trinajstić information content (AvgIpc) is 2.26. The molecule has 1 unspecified atom stereocenters. The van der Waals surface area contributed by atoms with Gasteiger partial charge in [0.2, 0.25) is 0 Å². The van der Waals surface area contributed by atoms with Gasteiger partial charge in [-0.25, -0.2) is 0 Å². The minimum Gasteiger partial charge on any atom is -0.350 e. The molecule has 4 heteroatoms. The van der Waals surface area contributed by atoms with Gasteiger partial charge in [-0.3, -0.25) is 9.78 Å². The van der Waals surface area contributed by atoms with Gasteiger partial charge in [0.05, 0.1) is 5.56 Å². The Kier molecular flexibility index (Phi) is 4.43. The first-order valence-corrected chi connectivity index (χ1v) is 5.47. The van der Waals surface area contributed by atoms with E-state index in [0.29, 0.717) is 18.0 Å². The maximum Gasteiger partial charge on any atom is 0.252 e. The molecule has 0 saturated heterocycles. The number of rotatable bonds is 4. The van der Waals surface area contributed by atoms with Crippen molar-refractivity contribution in [1.82, 2.24) is 10.3 Å². The Balaban J connectivity index is 2.50. The van der Waals surface area contributed by atoms with E-state index in [9.17, 15) is 4.79 Å². The van der Waals surface area contributed by atoms with Crippen LogP contribution < -0.4 is 11.1 Å². The van der Waals surface area contributed by atoms with Gasteiger partial charge in [0.1, 0.15) is 0 Å². The average molecular weight is 221 g/mol. The van der Waals surface area contributed by atoms with Crippen molar-refractivity contribution in [3.63, 3.8) is 0 Å². The Bertz CT molecular complexity index is 346. The van der Waals surface area contributed by atoms with Crippen LogP contribution in [0.4, 0.5) is 0 Å². The fourth-order valence-corrected chi connectivity index (χ4v) is 1.15. The van der Waals surface area contributed by atoms with E-state index in [2.05, 4.69) is 10.3 Å². The van der Waals surface area contributed by atoms with Crippen molar-refractivity contribution in [3.8, 4) is 0 Å². The first-order valence-electron chi connectivity index (χ1n) is 5.47. The highest BCUT2D eigenvalue weighted by atomic mass is 16.1. The molecule has 0 saturated carbocycles. The van der Waals surface area contributed by atoms with Gasteiger partial charge >= 0.3 is 0 Å². The van der Waals surface area contributed by atoms with Crippen molar-refractivity contribution in [3.05, 3.63) is 29.6 Å². The number of amides is 1. The molecule has 88 valence electrons. The molecule has 1 heterocycles. The summed E-state index contributed by atoms with van der Waals surface area (Å²) in [5.74, 6) is 0.236. The first kappa shape index (κ1) is 12.6. The summed E-state index contributed by atoms with van der Waals surface area (Å²) in [5, 5.41) is 2.80. The summed E-state index contributed by atoms with van der Waals surface area (Å²) in [5.41, 5.74) is 7.31. The van der Waals surface area contributed by atoms with E-state index in [1.165, 1.54) is 0 Å². The number of carbonyl (C=O) groups excluding carboxylic acids is 1. The molecule has 0 fully saturated rings. The second-order valence-electron chi connectivity index (χ2n) is 4.31. The van der Waals surface area contributed by atoms with E-state index in [0.717, 1.165) is 5.69 Å². The predicted molar refractivity (Wildman–Crippen MR) is 64.1 cm³/mol. The SMILES string of the molecule is Cc1ccc(C(=O)NCC(N)C(C)C)cn1. The van der Waals surface area contributed by atoms with Crippen LogP contribution in [0.25, 0.3) is 0 Å². The molecule has 1 amide bonds. The molecule has 1 aromatic heterocycles. The number of carbonyl (C=O) groups is 1. The van der Waals surface area contributed by atoms with E-state index in [1.54, 1.807) is 12.3 Å². The van der Waals surface area contributed by atoms with Crippen molar-refractivity contribution < 1.29 is 4.79 Å². The van der Waals surface area contributed by atoms with Crippen LogP contribution in [0.3, 0.4) is 0 Å². The zero-order valence-corrected chi connectivity index (χ0v) is 10.0. The van der Waals surface area contributed by atoms with E-state index in [4.69, 9.17) is 5.73 Å². The number of hydrogen-bond donors (Lipinski definition) is 2. The lowest BCUT2D eigenvalue weighted by molar-refractivity contribution is 0.0949. The molecule has 0 bridgehead atoms. The van der Waals surface area contributed by atoms with Gasteiger partial charge < -0.3 is 11.1 Å². The van der Waals surface area contributed by atoms with Crippen LogP contribution in [0.2, 0.25) is 0 Å². The van der Waals surface area contributed by atoms with Gasteiger partial charge in [-0.2, -0.15) is 0 Å². The van der Waals surface area contributed by atoms with E-state index in [1.807, 2.05) is 26.8 Å². The molecule has 0 aromatic carbocycles. The molecule has 4 nitrogen and oxygen atoms in total. The van der Waals surface area contributed by atoms with Crippen LogP contribution in [-0.4, -0.2) is 23.5 Å². The highest BCUT2D eigenvalue weighted by molar-refractivity contribution is 5.93. The molecule has 3 N–H and O–H groups in total. The van der Waals surface area contributed by atoms with Gasteiger partial charge in [0.25, 0.3) is 5.91 Å². The molecular formula is C12H19N3O. The number of aromatic nitrogens is 1. The van der Waals surface area contributed by atoms with E-state index < -0.39 is 0 Å². The maximum absolute atomic E-state index is 11.7. The van der Waals surface area contributed by atoms with E-state index in [-0.39, 0.29) is 11.9 Å². The quantitative estimate of drug-likeness (QED) is 0.800. The summed E-state index contributed by atoms with van der Waals surface area (Å²) in [6.45, 7) is 6.44. The normalized spacial score (nSPS) is 12.6. The van der Waals surface area contributed by atoms with Crippen LogP contribution in [0.1, 0.15) is 29.9 Å². The molecule has 1 aromatic rings. The lowest BCUT2D eigenvalue weighted by Crippen LogP contribution is -2.40. The monoisotopic (exact) mass is 221 g/mol. The van der Waals surface area contributed by atoms with Crippen LogP contribution in [0, 0.1) is 12.8 Å². The molecule has 0 aliphatic rings. The third kappa shape index (κ3) is 3.62. The van der Waals surface area contributed by atoms with E-state index >= 15 is 0 Å². The third-order valence-electron chi connectivity index (χ3n) is 2.53. The summed E-state index contributed by atoms with van der Waals surface area (Å²) in [6, 6.07) is 3.57. The maximum atomic E-state index is 11.7. The molecule has 0 aliphatic carbocycles. The Hall–Kier alpha value is -1.42. The Morgan fingerprint density at radius 1 is 1.50 bits per heavy atom. The molecule has 1 atom stereocenters. The molecular weight excluding hydrogens is 202 g/mol. The second kappa shape index (κ2) is 5.61. The van der Waals surface area contributed by atoms with Crippen molar-refractivity contribution in [2.24, 2.45) is 11.7 Å². The number of aryl methyl sites for hydroxylation is 1. The smallest absolute Gasteiger partial charge is 0.252 e. The van der Waals surface area contributed by atoms with Crippen molar-refractivity contribution in [2.75, 3.05) is 6.54 Å². The lowest BCUT2D eigenvalue weighted by atomic mass is 10.1. The fourth-order valence-electron chi connectivity index (χ4n) is 1.15. The number of hydrogen-bond acceptors (Lipinski definition) is 3. The van der Waals surface area contributed by atoms with Crippen molar-refractivity contribution >= 4 is 5.91 Å². The first-order chi connectivity index (χ1) is 7.50. The molecule has 1 rings (SSSR count). The summed E-state index contributed by atoms with van der Waals surface area (Å²) in [6.07, 6.45) is 1.57. The predicted octanol–water partition coefficient (Wildman–Crippen LogP) is 1.10. The molecule has 0 spiro atoms. The summed E-state index contributed by atoms with van der Waals surface area (Å²) >= 11 is 0. The fraction of sp³-hybridized carbons (Fsp3) is 0.500. The van der Waals surface area contributed by atoms with Crippen molar-refractivity contribution in [1.29, 1.82) is 0 Å². The zero-order chi connectivity index (χ0) is 12.1. The topological polar surface area (TPSA) is 68.0 Å². The number of nitrogens with two attached hydrogens (primary N) is 1. The minimum absolute atomic E-state index is 0.0117. The molecule has 0 aliphatic heterocycles. The lowest BCUT2D eigenvalue weighted by Gasteiger charge is -2.16. The van der Waals surface area contributed by atoms with Gasteiger partial charge in [0, 0.05) is 24.5 Å². The number of nitrogens with one attached hydrogen (secondary N) is 1. The van der Waals surface area contributed by atoms with Crippen LogP contribution in [-0.2, 0) is 0 Å². The summed E-state index contributed by atoms with van der Waals surface area (Å²) < 4.78 is 0. The number of nitrogens with zero attached hydrogens (tertiary/aromatic N) is 1. The standard InChI is InChI=1S/C12H19N3O/c1-8(2)11(13)7-15-12(16)10-5-4-9(3)14-6-10/h4-6,8,11H,7,13H2,1-3H3,(H,15,16). The molecule has 16 heavy (non-hydrogen) atoms. The third-order valence-corrected chi connectivity index (χ3v) is 2.53. The van der Waals surface area contributed by atoms with Crippen LogP contribution in [0.5, 0.6) is 0 Å². The molecule has 0 radical (unpaired) electrons. The summed E-state index contributed by atoms with van der Waals surface area (Å²) in [4.78, 5) is 15.7. The Labute approximate surface area is 96.3 Å². The largest absolute Gasteiger partial charge is 0.350 e. The Morgan fingerprint density at radius 2 is 2.19 bits per heavy atom. The van der Waals surface area contributed by atoms with Gasteiger partial charge in [-0.1, -0.05) is 13.8 Å². The van der Waals surface area contributed by atoms with Gasteiger partial charge in [0.15, 0.2) is 0 Å². The number of pyridine rings is 1. The van der Waals surface area contributed by atoms with Crippen LogP contribution in [0.15, 0.2) is 18.3 Å². The Morgan fingerprint density at radius 3 is 2.69 bits per heavy atom. The highest BCUT2D eigenvalue weighted by Crippen LogP contribution is 2.00. The van der Waals surface area contributed by atoms with Gasteiger partial charge in [-0.05, 0) is 25.0 Å². The second-order valence-corrected chi connectivity index (χ2v) is 4.31. The zero-order valence-electron chi connectivity index (χ0n) is 10.0. The van der Waals surface area contributed by atoms with Crippen LogP contribution >= 0.6 is 0 Å².